The van der Waals surface area contributed by atoms with Crippen LogP contribution in [0.5, 0.6) is 0 Å². The predicted octanol–water partition coefficient (Wildman–Crippen LogP) is 13.7. The Morgan fingerprint density at radius 1 is 0.785 bits per heavy atom. The lowest BCUT2D eigenvalue weighted by molar-refractivity contribution is 0.404. The van der Waals surface area contributed by atoms with Crippen molar-refractivity contribution in [3.8, 4) is 0 Å². The molecule has 0 saturated carbocycles. The zero-order chi connectivity index (χ0) is 50.0. The maximum Gasteiger partial charge on any atom is 0.296 e. The molecule has 0 aliphatic heterocycles. The molecule has 1 aliphatic rings. The number of hydrogen-bond donors (Lipinski definition) is 4. The van der Waals surface area contributed by atoms with Gasteiger partial charge in [-0.2, -0.15) is 8.42 Å². The quantitative estimate of drug-likeness (QED) is 0.0723. The maximum absolute atomic E-state index is 11.6. The fourth-order valence-corrected chi connectivity index (χ4v) is 6.45. The first-order chi connectivity index (χ1) is 30.5. The SMILES string of the molecule is CCC.CCC(C)C.CCC(C)C.COS(=O)(=O)C1=CCc2ccc(C)c(N)c2C=C1.COS(=O)c1ccc2c(N)c(C)ccc2c1.C\C=C/C(=C\C(C)=C(/C)N)c1ccc(N)c(C)c1. The Kier molecular flexibility index (Phi) is 28.7. The van der Waals surface area contributed by atoms with Gasteiger partial charge in [-0.05, 0) is 141 Å². The molecule has 65 heavy (non-hydrogen) atoms. The van der Waals surface area contributed by atoms with E-state index in [9.17, 15) is 12.6 Å². The smallest absolute Gasteiger partial charge is 0.296 e. The highest BCUT2D eigenvalue weighted by Gasteiger charge is 2.17. The van der Waals surface area contributed by atoms with Gasteiger partial charge in [0.1, 0.15) is 0 Å². The van der Waals surface area contributed by atoms with Gasteiger partial charge in [0.25, 0.3) is 10.1 Å². The molecule has 11 heteroatoms. The first kappa shape index (κ1) is 60.1. The van der Waals surface area contributed by atoms with E-state index in [4.69, 9.17) is 27.1 Å². The first-order valence-corrected chi connectivity index (χ1v) is 24.9. The minimum atomic E-state index is -3.65. The van der Waals surface area contributed by atoms with Crippen LogP contribution >= 0.6 is 0 Å². The Labute approximate surface area is 396 Å². The summed E-state index contributed by atoms with van der Waals surface area (Å²) < 4.78 is 44.0. The number of rotatable bonds is 9. The summed E-state index contributed by atoms with van der Waals surface area (Å²) in [6.07, 6.45) is 15.5. The topological polar surface area (TPSA) is 174 Å². The van der Waals surface area contributed by atoms with Gasteiger partial charge in [-0.15, -0.1) is 0 Å². The molecule has 360 valence electrons. The van der Waals surface area contributed by atoms with Gasteiger partial charge in [-0.25, -0.2) is 4.21 Å². The van der Waals surface area contributed by atoms with Crippen molar-refractivity contribution in [1.82, 2.24) is 0 Å². The largest absolute Gasteiger partial charge is 0.402 e. The summed E-state index contributed by atoms with van der Waals surface area (Å²) >= 11 is -1.40. The van der Waals surface area contributed by atoms with E-state index in [1.54, 1.807) is 18.2 Å². The monoisotopic (exact) mass is 931 g/mol. The maximum atomic E-state index is 11.6. The average molecular weight is 931 g/mol. The molecule has 0 amide bonds. The van der Waals surface area contributed by atoms with E-state index < -0.39 is 21.2 Å². The average Bonchev–Trinajstić information content (AvgIpc) is 3.51. The van der Waals surface area contributed by atoms with Gasteiger partial charge in [-0.3, -0.25) is 8.37 Å². The third kappa shape index (κ3) is 21.3. The fourth-order valence-electron chi connectivity index (χ4n) is 5.14. The predicted molar refractivity (Wildman–Crippen MR) is 286 cm³/mol. The number of anilines is 3. The molecule has 0 bridgehead atoms. The number of fused-ring (bicyclic) bond motifs is 2. The highest BCUT2D eigenvalue weighted by atomic mass is 32.2. The summed E-state index contributed by atoms with van der Waals surface area (Å²) in [7, 11) is -1.08. The molecule has 4 aromatic rings. The Bertz CT molecular complexity index is 2380. The second kappa shape index (κ2) is 31.1. The first-order valence-electron chi connectivity index (χ1n) is 22.5. The van der Waals surface area contributed by atoms with Crippen LogP contribution in [-0.4, -0.2) is 26.8 Å². The van der Waals surface area contributed by atoms with Crippen molar-refractivity contribution in [1.29, 1.82) is 0 Å². The number of nitrogens with two attached hydrogens (primary N) is 4. The Balaban J connectivity index is 0.000000832. The van der Waals surface area contributed by atoms with E-state index in [1.807, 2.05) is 96.1 Å². The summed E-state index contributed by atoms with van der Waals surface area (Å²) in [5.74, 6) is 1.77. The van der Waals surface area contributed by atoms with Crippen LogP contribution in [0.4, 0.5) is 17.1 Å². The van der Waals surface area contributed by atoms with Crippen LogP contribution in [-0.2, 0) is 36.0 Å². The summed E-state index contributed by atoms with van der Waals surface area (Å²) in [5.41, 5.74) is 35.1. The van der Waals surface area contributed by atoms with Crippen molar-refractivity contribution in [2.75, 3.05) is 31.4 Å². The van der Waals surface area contributed by atoms with Crippen molar-refractivity contribution < 1.29 is 21.0 Å². The number of aryl methyl sites for hydroxylation is 3. The molecular weight excluding hydrogens is 849 g/mol. The molecule has 5 rings (SSSR count). The zero-order valence-electron chi connectivity index (χ0n) is 42.4. The van der Waals surface area contributed by atoms with Crippen molar-refractivity contribution >= 4 is 60.7 Å². The van der Waals surface area contributed by atoms with Gasteiger partial charge in [0, 0.05) is 33.7 Å². The summed E-state index contributed by atoms with van der Waals surface area (Å²) in [4.78, 5) is 0.816. The van der Waals surface area contributed by atoms with Crippen LogP contribution < -0.4 is 22.9 Å². The van der Waals surface area contributed by atoms with Gasteiger partial charge in [0.05, 0.1) is 24.0 Å². The van der Waals surface area contributed by atoms with Crippen molar-refractivity contribution in [2.45, 2.75) is 128 Å². The second-order valence-electron chi connectivity index (χ2n) is 16.6. The van der Waals surface area contributed by atoms with E-state index in [0.717, 1.165) is 91.3 Å². The van der Waals surface area contributed by atoms with Gasteiger partial charge < -0.3 is 22.9 Å². The molecule has 4 aromatic carbocycles. The second-order valence-corrected chi connectivity index (χ2v) is 19.5. The third-order valence-electron chi connectivity index (χ3n) is 10.2. The van der Waals surface area contributed by atoms with E-state index >= 15 is 0 Å². The van der Waals surface area contributed by atoms with Crippen LogP contribution in [0.2, 0.25) is 0 Å². The zero-order valence-corrected chi connectivity index (χ0v) is 44.0. The highest BCUT2D eigenvalue weighted by Crippen LogP contribution is 2.29. The molecule has 9 nitrogen and oxygen atoms in total. The molecule has 1 aliphatic carbocycles. The van der Waals surface area contributed by atoms with Crippen LogP contribution in [0, 0.1) is 32.6 Å². The molecule has 0 radical (unpaired) electrons. The van der Waals surface area contributed by atoms with E-state index in [0.29, 0.717) is 17.0 Å². The number of nitrogen functional groups attached to an aromatic ring is 3. The number of hydrogen-bond acceptors (Lipinski definition) is 9. The third-order valence-corrected chi connectivity index (χ3v) is 12.5. The van der Waals surface area contributed by atoms with Gasteiger partial charge in [0.2, 0.25) is 0 Å². The van der Waals surface area contributed by atoms with Crippen LogP contribution in [0.15, 0.2) is 112 Å². The molecular formula is C54H82N4O5S2. The van der Waals surface area contributed by atoms with Crippen molar-refractivity contribution in [3.63, 3.8) is 0 Å². The van der Waals surface area contributed by atoms with Crippen LogP contribution in [0.3, 0.4) is 0 Å². The lowest BCUT2D eigenvalue weighted by Gasteiger charge is -2.08. The minimum Gasteiger partial charge on any atom is -0.402 e. The van der Waals surface area contributed by atoms with E-state index in [2.05, 4.69) is 77.8 Å². The number of allylic oxidation sites excluding steroid dienone is 8. The standard InChI is InChI=1S/C16H22N2.C13H15NO3S.C12H13NO2S.2C5H12.C3H8/c1-5-6-14(9-11(2)13(4)17)15-7-8-16(18)12(3)10-15;1-9-3-4-10-5-6-11(18(15,16)17-2)7-8-12(10)13(9)14;1-8-3-4-9-7-10(16(14)15-2)5-6-11(9)12(8)13;2*1-4-5(2)3;1-3-2/h5-10H,17-18H2,1-4H3;3-4,6-8H,5,14H2,1-2H3;3-7H,13H2,1-2H3;2*5H,4H2,1-3H3;3H2,1-2H3/b6-5-,13-11+,14-9+;;;;;. The fraction of sp³-hybridized carbons (Fsp3) is 0.407. The Morgan fingerprint density at radius 2 is 1.34 bits per heavy atom. The lowest BCUT2D eigenvalue weighted by atomic mass is 9.99. The Hall–Kier alpha value is -4.94. The molecule has 0 fully saturated rings. The summed E-state index contributed by atoms with van der Waals surface area (Å²) in [6.45, 7) is 29.4. The normalized spacial score (nSPS) is 12.9. The molecule has 0 spiro atoms. The van der Waals surface area contributed by atoms with E-state index in [1.165, 1.54) is 32.4 Å². The van der Waals surface area contributed by atoms with E-state index in [-0.39, 0.29) is 4.91 Å². The number of benzene rings is 4. The molecule has 1 unspecified atom stereocenters. The molecule has 0 saturated heterocycles. The lowest BCUT2D eigenvalue weighted by Crippen LogP contribution is -2.03. The van der Waals surface area contributed by atoms with Crippen molar-refractivity contribution in [3.05, 3.63) is 141 Å². The molecule has 0 aromatic heterocycles. The van der Waals surface area contributed by atoms with Crippen LogP contribution in [0.1, 0.15) is 129 Å². The van der Waals surface area contributed by atoms with Gasteiger partial charge >= 0.3 is 0 Å². The molecule has 0 heterocycles. The van der Waals surface area contributed by atoms with Crippen LogP contribution in [0.25, 0.3) is 22.4 Å². The Morgan fingerprint density at radius 3 is 1.83 bits per heavy atom. The molecule has 8 N–H and O–H groups in total. The van der Waals surface area contributed by atoms with Gasteiger partial charge in [0.15, 0.2) is 11.1 Å². The summed E-state index contributed by atoms with van der Waals surface area (Å²) in [5, 5.41) is 1.96. The molecule has 1 atom stereocenters. The highest BCUT2D eigenvalue weighted by molar-refractivity contribution is 7.90. The van der Waals surface area contributed by atoms with Crippen molar-refractivity contribution in [2.24, 2.45) is 17.6 Å². The summed E-state index contributed by atoms with van der Waals surface area (Å²) in [6, 6.07) is 19.4. The minimum absolute atomic E-state index is 0.165. The van der Waals surface area contributed by atoms with Gasteiger partial charge in [-0.1, -0.05) is 135 Å².